The van der Waals surface area contributed by atoms with Gasteiger partial charge < -0.3 is 4.57 Å². The number of nitrogens with zero attached hydrogens (tertiary/aromatic N) is 2. The maximum Gasteiger partial charge on any atom is 0.121 e. The number of fused-ring (bicyclic) bond motifs is 1. The number of aryl methyl sites for hydroxylation is 1. The van der Waals surface area contributed by atoms with Crippen molar-refractivity contribution in [2.45, 2.75) is 0 Å². The lowest BCUT2D eigenvalue weighted by Crippen LogP contribution is -1.89. The Bertz CT molecular complexity index is 505. The van der Waals surface area contributed by atoms with Crippen molar-refractivity contribution in [3.05, 3.63) is 35.0 Å². The molecule has 0 amide bonds. The first kappa shape index (κ1) is 8.15. The second-order valence-electron chi connectivity index (χ2n) is 2.90. The van der Waals surface area contributed by atoms with Crippen LogP contribution in [0.15, 0.2) is 24.3 Å². The van der Waals surface area contributed by atoms with Crippen molar-refractivity contribution in [1.29, 1.82) is 5.26 Å². The monoisotopic (exact) mass is 190 g/mol. The summed E-state index contributed by atoms with van der Waals surface area (Å²) in [5.41, 5.74) is 1.68. The van der Waals surface area contributed by atoms with Crippen LogP contribution in [0.1, 0.15) is 5.69 Å². The van der Waals surface area contributed by atoms with Gasteiger partial charge in [0.05, 0.1) is 0 Å². The van der Waals surface area contributed by atoms with E-state index in [2.05, 4.69) is 6.07 Å². The fourth-order valence-corrected chi connectivity index (χ4v) is 1.61. The van der Waals surface area contributed by atoms with E-state index in [4.69, 9.17) is 16.9 Å². The van der Waals surface area contributed by atoms with Crippen LogP contribution < -0.4 is 0 Å². The van der Waals surface area contributed by atoms with E-state index in [1.54, 1.807) is 0 Å². The maximum absolute atomic E-state index is 8.78. The molecule has 0 unspecified atom stereocenters. The Morgan fingerprint density at radius 2 is 2.15 bits per heavy atom. The number of halogens is 1. The average molecular weight is 191 g/mol. The highest BCUT2D eigenvalue weighted by Crippen LogP contribution is 2.21. The molecule has 0 aliphatic rings. The molecule has 0 spiro atoms. The van der Waals surface area contributed by atoms with Crippen LogP contribution in [0, 0.1) is 11.3 Å². The average Bonchev–Trinajstić information content (AvgIpc) is 2.42. The smallest absolute Gasteiger partial charge is 0.121 e. The van der Waals surface area contributed by atoms with Crippen LogP contribution in [0.25, 0.3) is 10.9 Å². The second-order valence-corrected chi connectivity index (χ2v) is 3.34. The molecular weight excluding hydrogens is 184 g/mol. The lowest BCUT2D eigenvalue weighted by atomic mass is 10.2. The summed E-state index contributed by atoms with van der Waals surface area (Å²) >= 11 is 5.83. The summed E-state index contributed by atoms with van der Waals surface area (Å²) in [6, 6.07) is 9.56. The molecule has 0 aliphatic carbocycles. The van der Waals surface area contributed by atoms with E-state index in [0.29, 0.717) is 10.7 Å². The van der Waals surface area contributed by atoms with Crippen molar-refractivity contribution in [2.24, 2.45) is 7.05 Å². The minimum Gasteiger partial charge on any atom is -0.335 e. The van der Waals surface area contributed by atoms with Gasteiger partial charge in [0.1, 0.15) is 11.8 Å². The van der Waals surface area contributed by atoms with Crippen LogP contribution in [0.2, 0.25) is 5.02 Å². The summed E-state index contributed by atoms with van der Waals surface area (Å²) < 4.78 is 1.85. The Kier molecular flexibility index (Phi) is 1.75. The molecule has 0 bridgehead atoms. The largest absolute Gasteiger partial charge is 0.335 e. The number of nitriles is 1. The quantitative estimate of drug-likeness (QED) is 0.628. The molecule has 0 aliphatic heterocycles. The van der Waals surface area contributed by atoms with Gasteiger partial charge >= 0.3 is 0 Å². The number of benzene rings is 1. The van der Waals surface area contributed by atoms with E-state index in [1.165, 1.54) is 0 Å². The van der Waals surface area contributed by atoms with Gasteiger partial charge in [-0.3, -0.25) is 0 Å². The predicted octanol–water partition coefficient (Wildman–Crippen LogP) is 2.70. The fraction of sp³-hybridized carbons (Fsp3) is 0.100. The summed E-state index contributed by atoms with van der Waals surface area (Å²) in [7, 11) is 1.87. The lowest BCUT2D eigenvalue weighted by Gasteiger charge is -1.96. The topological polar surface area (TPSA) is 28.7 Å². The van der Waals surface area contributed by atoms with Crippen LogP contribution in [-0.2, 0) is 7.05 Å². The minimum atomic E-state index is 0.650. The van der Waals surface area contributed by atoms with Crippen molar-refractivity contribution in [1.82, 2.24) is 4.57 Å². The molecule has 1 aromatic heterocycles. The number of hydrogen-bond acceptors (Lipinski definition) is 1. The molecule has 0 saturated heterocycles. The third kappa shape index (κ3) is 1.18. The Labute approximate surface area is 81.0 Å². The van der Waals surface area contributed by atoms with Crippen molar-refractivity contribution in [3.8, 4) is 6.07 Å². The van der Waals surface area contributed by atoms with E-state index in [1.807, 2.05) is 35.9 Å². The van der Waals surface area contributed by atoms with Gasteiger partial charge in [0.15, 0.2) is 0 Å². The highest BCUT2D eigenvalue weighted by atomic mass is 35.5. The van der Waals surface area contributed by atoms with Crippen molar-refractivity contribution >= 4 is 22.5 Å². The molecule has 2 rings (SSSR count). The number of rotatable bonds is 0. The number of hydrogen-bond donors (Lipinski definition) is 0. The van der Waals surface area contributed by atoms with Crippen molar-refractivity contribution in [2.75, 3.05) is 0 Å². The van der Waals surface area contributed by atoms with E-state index < -0.39 is 0 Å². The molecule has 1 aromatic carbocycles. The molecule has 3 heteroatoms. The molecule has 1 heterocycles. The zero-order chi connectivity index (χ0) is 9.42. The molecule has 13 heavy (non-hydrogen) atoms. The van der Waals surface area contributed by atoms with Gasteiger partial charge in [0.25, 0.3) is 0 Å². The van der Waals surface area contributed by atoms with Crippen molar-refractivity contribution in [3.63, 3.8) is 0 Å². The van der Waals surface area contributed by atoms with Gasteiger partial charge in [-0.05, 0) is 24.3 Å². The summed E-state index contributed by atoms with van der Waals surface area (Å²) in [5.74, 6) is 0. The Morgan fingerprint density at radius 3 is 2.85 bits per heavy atom. The van der Waals surface area contributed by atoms with Gasteiger partial charge in [0, 0.05) is 23.0 Å². The van der Waals surface area contributed by atoms with Crippen LogP contribution >= 0.6 is 11.6 Å². The molecule has 0 radical (unpaired) electrons. The SMILES string of the molecule is Cn1c(C#N)cc2cc(Cl)ccc21. The number of aromatic nitrogens is 1. The van der Waals surface area contributed by atoms with Gasteiger partial charge in [-0.25, -0.2) is 0 Å². The Hall–Kier alpha value is -1.46. The molecule has 2 nitrogen and oxygen atoms in total. The zero-order valence-electron chi connectivity index (χ0n) is 7.08. The summed E-state index contributed by atoms with van der Waals surface area (Å²) in [5, 5.41) is 10.5. The molecular formula is C10H7ClN2. The van der Waals surface area contributed by atoms with Crippen molar-refractivity contribution < 1.29 is 0 Å². The first-order chi connectivity index (χ1) is 6.22. The molecule has 0 fully saturated rings. The molecule has 64 valence electrons. The predicted molar refractivity (Wildman–Crippen MR) is 52.6 cm³/mol. The van der Waals surface area contributed by atoms with Gasteiger partial charge in [0.2, 0.25) is 0 Å². The molecule has 0 N–H and O–H groups in total. The standard InChI is InChI=1S/C10H7ClN2/c1-13-9(6-12)5-7-4-8(11)2-3-10(7)13/h2-5H,1H3. The molecule has 0 atom stereocenters. The molecule has 0 saturated carbocycles. The van der Waals surface area contributed by atoms with Crippen LogP contribution in [0.4, 0.5) is 0 Å². The highest BCUT2D eigenvalue weighted by Gasteiger charge is 2.04. The van der Waals surface area contributed by atoms with Gasteiger partial charge in [-0.1, -0.05) is 11.6 Å². The van der Waals surface area contributed by atoms with E-state index >= 15 is 0 Å². The van der Waals surface area contributed by atoms with E-state index in [0.717, 1.165) is 10.9 Å². The van der Waals surface area contributed by atoms with E-state index in [9.17, 15) is 0 Å². The zero-order valence-corrected chi connectivity index (χ0v) is 7.84. The second kappa shape index (κ2) is 2.79. The Balaban J connectivity index is 2.86. The molecule has 2 aromatic rings. The van der Waals surface area contributed by atoms with Crippen LogP contribution in [-0.4, -0.2) is 4.57 Å². The van der Waals surface area contributed by atoms with Gasteiger partial charge in [-0.2, -0.15) is 5.26 Å². The first-order valence-electron chi connectivity index (χ1n) is 3.87. The third-order valence-electron chi connectivity index (χ3n) is 2.12. The summed E-state index contributed by atoms with van der Waals surface area (Å²) in [6.07, 6.45) is 0. The van der Waals surface area contributed by atoms with Crippen LogP contribution in [0.5, 0.6) is 0 Å². The van der Waals surface area contributed by atoms with Crippen LogP contribution in [0.3, 0.4) is 0 Å². The van der Waals surface area contributed by atoms with Gasteiger partial charge in [-0.15, -0.1) is 0 Å². The first-order valence-corrected chi connectivity index (χ1v) is 4.25. The summed E-state index contributed by atoms with van der Waals surface area (Å²) in [4.78, 5) is 0. The maximum atomic E-state index is 8.78. The lowest BCUT2D eigenvalue weighted by molar-refractivity contribution is 0.947. The summed E-state index contributed by atoms with van der Waals surface area (Å²) in [6.45, 7) is 0. The highest BCUT2D eigenvalue weighted by molar-refractivity contribution is 6.31. The third-order valence-corrected chi connectivity index (χ3v) is 2.35. The normalized spacial score (nSPS) is 10.2. The Morgan fingerprint density at radius 1 is 1.38 bits per heavy atom. The minimum absolute atomic E-state index is 0.650. The fourth-order valence-electron chi connectivity index (χ4n) is 1.43. The van der Waals surface area contributed by atoms with E-state index in [-0.39, 0.29) is 0 Å².